The minimum atomic E-state index is 0.0380. The molecule has 2 heterocycles. The molecule has 1 aromatic carbocycles. The SMILES string of the molecule is C=CCNC(=O)CN1CCN(C(C)c2nc(-c3ccc(C)cc3)no2)CC1. The molecule has 1 N–H and O–H groups in total. The second kappa shape index (κ2) is 8.92. The normalized spacial score (nSPS) is 16.8. The number of benzene rings is 1. The van der Waals surface area contributed by atoms with Gasteiger partial charge in [0.05, 0.1) is 12.6 Å². The van der Waals surface area contributed by atoms with Crippen LogP contribution in [0.1, 0.15) is 24.4 Å². The summed E-state index contributed by atoms with van der Waals surface area (Å²) in [5.74, 6) is 1.29. The topological polar surface area (TPSA) is 74.5 Å². The van der Waals surface area contributed by atoms with Crippen LogP contribution in [0.3, 0.4) is 0 Å². The van der Waals surface area contributed by atoms with Gasteiger partial charge in [-0.3, -0.25) is 14.6 Å². The first-order chi connectivity index (χ1) is 13.1. The van der Waals surface area contributed by atoms with Crippen LogP contribution in [0.2, 0.25) is 0 Å². The fraction of sp³-hybridized carbons (Fsp3) is 0.450. The number of aromatic nitrogens is 2. The fourth-order valence-electron chi connectivity index (χ4n) is 3.13. The molecule has 27 heavy (non-hydrogen) atoms. The molecule has 1 atom stereocenters. The van der Waals surface area contributed by atoms with Gasteiger partial charge in [-0.25, -0.2) is 0 Å². The van der Waals surface area contributed by atoms with Crippen molar-refractivity contribution >= 4 is 5.91 Å². The zero-order valence-electron chi connectivity index (χ0n) is 16.0. The Balaban J connectivity index is 1.53. The molecule has 1 fully saturated rings. The smallest absolute Gasteiger partial charge is 0.244 e. The monoisotopic (exact) mass is 369 g/mol. The van der Waals surface area contributed by atoms with Crippen molar-refractivity contribution in [2.24, 2.45) is 0 Å². The summed E-state index contributed by atoms with van der Waals surface area (Å²) in [6, 6.07) is 8.14. The van der Waals surface area contributed by atoms with E-state index in [1.54, 1.807) is 6.08 Å². The van der Waals surface area contributed by atoms with Crippen molar-refractivity contribution < 1.29 is 9.32 Å². The highest BCUT2D eigenvalue weighted by atomic mass is 16.5. The van der Waals surface area contributed by atoms with Gasteiger partial charge in [-0.1, -0.05) is 41.1 Å². The number of aryl methyl sites for hydroxylation is 1. The first-order valence-corrected chi connectivity index (χ1v) is 9.31. The lowest BCUT2D eigenvalue weighted by Crippen LogP contribution is -2.50. The second-order valence-corrected chi connectivity index (χ2v) is 6.90. The van der Waals surface area contributed by atoms with Crippen LogP contribution in [0.25, 0.3) is 11.4 Å². The molecule has 1 saturated heterocycles. The van der Waals surface area contributed by atoms with E-state index in [1.807, 2.05) is 24.3 Å². The van der Waals surface area contributed by atoms with Crippen molar-refractivity contribution in [2.45, 2.75) is 19.9 Å². The third kappa shape index (κ3) is 5.02. The van der Waals surface area contributed by atoms with Gasteiger partial charge in [0, 0.05) is 38.3 Å². The maximum atomic E-state index is 11.8. The zero-order chi connectivity index (χ0) is 19.2. The van der Waals surface area contributed by atoms with Crippen molar-refractivity contribution in [2.75, 3.05) is 39.3 Å². The Morgan fingerprint density at radius 1 is 1.30 bits per heavy atom. The molecule has 0 bridgehead atoms. The first-order valence-electron chi connectivity index (χ1n) is 9.31. The van der Waals surface area contributed by atoms with Gasteiger partial charge in [0.25, 0.3) is 0 Å². The number of nitrogens with one attached hydrogen (secondary N) is 1. The number of hydrogen-bond acceptors (Lipinski definition) is 6. The molecule has 7 heteroatoms. The minimum absolute atomic E-state index is 0.0380. The molecule has 0 aliphatic carbocycles. The van der Waals surface area contributed by atoms with Gasteiger partial charge in [0.2, 0.25) is 17.6 Å². The number of hydrogen-bond donors (Lipinski definition) is 1. The number of carbonyl (C=O) groups is 1. The maximum absolute atomic E-state index is 11.8. The number of rotatable bonds is 7. The summed E-state index contributed by atoms with van der Waals surface area (Å²) < 4.78 is 5.51. The standard InChI is InChI=1S/C20H27N5O2/c1-4-9-21-18(26)14-24-10-12-25(13-11-24)16(3)20-22-19(23-27-20)17-7-5-15(2)6-8-17/h4-8,16H,1,9-14H2,2-3H3,(H,21,26). The van der Waals surface area contributed by atoms with Crippen molar-refractivity contribution in [3.63, 3.8) is 0 Å². The third-order valence-corrected chi connectivity index (χ3v) is 4.87. The molecular weight excluding hydrogens is 342 g/mol. The van der Waals surface area contributed by atoms with Gasteiger partial charge in [0.15, 0.2) is 0 Å². The van der Waals surface area contributed by atoms with E-state index >= 15 is 0 Å². The Morgan fingerprint density at radius 3 is 2.67 bits per heavy atom. The summed E-state index contributed by atoms with van der Waals surface area (Å²) in [4.78, 5) is 20.9. The fourth-order valence-corrected chi connectivity index (χ4v) is 3.13. The maximum Gasteiger partial charge on any atom is 0.244 e. The largest absolute Gasteiger partial charge is 0.352 e. The summed E-state index contributed by atoms with van der Waals surface area (Å²) in [5, 5.41) is 6.95. The van der Waals surface area contributed by atoms with E-state index < -0.39 is 0 Å². The molecule has 7 nitrogen and oxygen atoms in total. The highest BCUT2D eigenvalue weighted by Crippen LogP contribution is 2.23. The number of amides is 1. The molecule has 1 aliphatic heterocycles. The molecule has 3 rings (SSSR count). The molecular formula is C20H27N5O2. The Labute approximate surface area is 160 Å². The van der Waals surface area contributed by atoms with E-state index in [2.05, 4.69) is 45.7 Å². The Morgan fingerprint density at radius 2 is 2.00 bits per heavy atom. The predicted molar refractivity (Wildman–Crippen MR) is 104 cm³/mol. The zero-order valence-corrected chi connectivity index (χ0v) is 16.0. The lowest BCUT2D eigenvalue weighted by molar-refractivity contribution is -0.122. The van der Waals surface area contributed by atoms with Crippen LogP contribution in [-0.4, -0.2) is 65.1 Å². The first kappa shape index (κ1) is 19.3. The third-order valence-electron chi connectivity index (χ3n) is 4.87. The Bertz CT molecular complexity index is 763. The number of nitrogens with zero attached hydrogens (tertiary/aromatic N) is 4. The highest BCUT2D eigenvalue weighted by Gasteiger charge is 2.26. The summed E-state index contributed by atoms with van der Waals surface area (Å²) in [5.41, 5.74) is 2.16. The van der Waals surface area contributed by atoms with E-state index in [1.165, 1.54) is 5.56 Å². The van der Waals surface area contributed by atoms with E-state index in [-0.39, 0.29) is 11.9 Å². The summed E-state index contributed by atoms with van der Waals surface area (Å²) in [6.45, 7) is 12.1. The second-order valence-electron chi connectivity index (χ2n) is 6.90. The van der Waals surface area contributed by atoms with E-state index in [0.29, 0.717) is 24.8 Å². The highest BCUT2D eigenvalue weighted by molar-refractivity contribution is 5.78. The van der Waals surface area contributed by atoms with Gasteiger partial charge in [-0.05, 0) is 13.8 Å². The molecule has 0 spiro atoms. The van der Waals surface area contributed by atoms with Crippen molar-refractivity contribution in [1.82, 2.24) is 25.3 Å². The van der Waals surface area contributed by atoms with Gasteiger partial charge < -0.3 is 9.84 Å². The van der Waals surface area contributed by atoms with Crippen LogP contribution < -0.4 is 5.32 Å². The van der Waals surface area contributed by atoms with E-state index in [4.69, 9.17) is 4.52 Å². The lowest BCUT2D eigenvalue weighted by atomic mass is 10.1. The average molecular weight is 369 g/mol. The Hall–Kier alpha value is -2.51. The summed E-state index contributed by atoms with van der Waals surface area (Å²) in [6.07, 6.45) is 1.69. The van der Waals surface area contributed by atoms with E-state index in [0.717, 1.165) is 31.7 Å². The molecule has 1 aromatic heterocycles. The molecule has 1 aliphatic rings. The number of piperazine rings is 1. The van der Waals surface area contributed by atoms with Crippen molar-refractivity contribution in [3.05, 3.63) is 48.4 Å². The quantitative estimate of drug-likeness (QED) is 0.753. The van der Waals surface area contributed by atoms with Gasteiger partial charge in [0.1, 0.15) is 0 Å². The molecule has 0 radical (unpaired) electrons. The Kier molecular flexibility index (Phi) is 6.36. The van der Waals surface area contributed by atoms with Crippen LogP contribution >= 0.6 is 0 Å². The van der Waals surface area contributed by atoms with Crippen LogP contribution in [0, 0.1) is 6.92 Å². The molecule has 0 saturated carbocycles. The van der Waals surface area contributed by atoms with Gasteiger partial charge in [-0.2, -0.15) is 4.98 Å². The van der Waals surface area contributed by atoms with Gasteiger partial charge in [-0.15, -0.1) is 6.58 Å². The molecule has 2 aromatic rings. The lowest BCUT2D eigenvalue weighted by Gasteiger charge is -2.36. The van der Waals surface area contributed by atoms with Crippen molar-refractivity contribution in [1.29, 1.82) is 0 Å². The average Bonchev–Trinajstić information content (AvgIpc) is 3.17. The van der Waals surface area contributed by atoms with Crippen molar-refractivity contribution in [3.8, 4) is 11.4 Å². The van der Waals surface area contributed by atoms with Crippen LogP contribution in [0.4, 0.5) is 0 Å². The van der Waals surface area contributed by atoms with Gasteiger partial charge >= 0.3 is 0 Å². The molecule has 144 valence electrons. The minimum Gasteiger partial charge on any atom is -0.352 e. The summed E-state index contributed by atoms with van der Waals surface area (Å²) in [7, 11) is 0. The summed E-state index contributed by atoms with van der Waals surface area (Å²) >= 11 is 0. The number of carbonyl (C=O) groups excluding carboxylic acids is 1. The van der Waals surface area contributed by atoms with Crippen LogP contribution in [0.5, 0.6) is 0 Å². The van der Waals surface area contributed by atoms with Crippen LogP contribution in [0.15, 0.2) is 41.4 Å². The molecule has 1 amide bonds. The van der Waals surface area contributed by atoms with E-state index in [9.17, 15) is 4.79 Å². The molecule has 1 unspecified atom stereocenters. The van der Waals surface area contributed by atoms with Crippen LogP contribution in [-0.2, 0) is 4.79 Å². The predicted octanol–water partition coefficient (Wildman–Crippen LogP) is 2.03.